The van der Waals surface area contributed by atoms with E-state index < -0.39 is 0 Å². The minimum atomic E-state index is -0.364. The van der Waals surface area contributed by atoms with E-state index in [1.165, 1.54) is 21.3 Å². The van der Waals surface area contributed by atoms with Crippen LogP contribution in [0.3, 0.4) is 0 Å². The molecule has 6 heteroatoms. The SMILES string of the molecule is COc1cc(C(=O)N2C(C)OCC2(C)C)cc(OC)c1OC. The van der Waals surface area contributed by atoms with Gasteiger partial charge in [0.05, 0.1) is 33.5 Å². The fourth-order valence-electron chi connectivity index (χ4n) is 2.74. The van der Waals surface area contributed by atoms with Gasteiger partial charge < -0.3 is 23.8 Å². The standard InChI is InChI=1S/C16H23NO5/c1-10-17(16(2,3)9-22-10)15(18)11-7-12(19-4)14(21-6)13(8-11)20-5/h7-8,10H,9H2,1-6H3. The molecule has 1 atom stereocenters. The first kappa shape index (κ1) is 16.4. The molecule has 0 N–H and O–H groups in total. The third-order valence-electron chi connectivity index (χ3n) is 3.82. The molecular weight excluding hydrogens is 286 g/mol. The number of hydrogen-bond acceptors (Lipinski definition) is 5. The number of methoxy groups -OCH3 is 3. The summed E-state index contributed by atoms with van der Waals surface area (Å²) in [5.41, 5.74) is 0.108. The molecule has 0 bridgehead atoms. The third kappa shape index (κ3) is 2.70. The highest BCUT2D eigenvalue weighted by molar-refractivity contribution is 5.96. The van der Waals surface area contributed by atoms with Crippen LogP contribution in [-0.2, 0) is 4.74 Å². The number of amides is 1. The molecule has 6 nitrogen and oxygen atoms in total. The van der Waals surface area contributed by atoms with Gasteiger partial charge in [-0.1, -0.05) is 0 Å². The van der Waals surface area contributed by atoms with Crippen molar-refractivity contribution in [1.82, 2.24) is 4.90 Å². The van der Waals surface area contributed by atoms with Crippen molar-refractivity contribution in [3.63, 3.8) is 0 Å². The van der Waals surface area contributed by atoms with E-state index in [-0.39, 0.29) is 17.7 Å². The monoisotopic (exact) mass is 309 g/mol. The number of carbonyl (C=O) groups is 1. The summed E-state index contributed by atoms with van der Waals surface area (Å²) in [5, 5.41) is 0. The smallest absolute Gasteiger partial charge is 0.256 e. The molecule has 2 rings (SSSR count). The molecule has 0 radical (unpaired) electrons. The second-order valence-electron chi connectivity index (χ2n) is 5.81. The van der Waals surface area contributed by atoms with Gasteiger partial charge in [-0.05, 0) is 32.9 Å². The minimum absolute atomic E-state index is 0.130. The van der Waals surface area contributed by atoms with Crippen LogP contribution >= 0.6 is 0 Å². The Kier molecular flexibility index (Phi) is 4.51. The van der Waals surface area contributed by atoms with Gasteiger partial charge in [0.2, 0.25) is 5.75 Å². The number of nitrogens with zero attached hydrogens (tertiary/aromatic N) is 1. The Labute approximate surface area is 130 Å². The summed E-state index contributed by atoms with van der Waals surface area (Å²) in [7, 11) is 4.58. The highest BCUT2D eigenvalue weighted by Gasteiger charge is 2.42. The molecule has 122 valence electrons. The van der Waals surface area contributed by atoms with E-state index in [1.54, 1.807) is 17.0 Å². The normalized spacial score (nSPS) is 19.9. The van der Waals surface area contributed by atoms with Crippen LogP contribution in [0.1, 0.15) is 31.1 Å². The van der Waals surface area contributed by atoms with Crippen LogP contribution in [0.25, 0.3) is 0 Å². The molecule has 1 fully saturated rings. The molecule has 1 aromatic carbocycles. The largest absolute Gasteiger partial charge is 0.493 e. The molecule has 0 saturated carbocycles. The van der Waals surface area contributed by atoms with Crippen molar-refractivity contribution in [2.24, 2.45) is 0 Å². The van der Waals surface area contributed by atoms with E-state index in [2.05, 4.69) is 0 Å². The van der Waals surface area contributed by atoms with Crippen molar-refractivity contribution in [2.75, 3.05) is 27.9 Å². The number of ether oxygens (including phenoxy) is 4. The van der Waals surface area contributed by atoms with Crippen molar-refractivity contribution in [3.8, 4) is 17.2 Å². The first-order valence-electron chi connectivity index (χ1n) is 7.11. The first-order valence-corrected chi connectivity index (χ1v) is 7.11. The molecule has 0 spiro atoms. The lowest BCUT2D eigenvalue weighted by Gasteiger charge is -2.32. The predicted octanol–water partition coefficient (Wildman–Crippen LogP) is 2.31. The summed E-state index contributed by atoms with van der Waals surface area (Å²) in [6.07, 6.45) is -0.276. The van der Waals surface area contributed by atoms with E-state index in [9.17, 15) is 4.79 Å². The summed E-state index contributed by atoms with van der Waals surface area (Å²) in [4.78, 5) is 14.6. The third-order valence-corrected chi connectivity index (χ3v) is 3.82. The van der Waals surface area contributed by atoms with Crippen LogP contribution in [-0.4, -0.2) is 50.5 Å². The number of hydrogen-bond donors (Lipinski definition) is 0. The molecule has 1 aliphatic rings. The Bertz CT molecular complexity index is 545. The van der Waals surface area contributed by atoms with Crippen LogP contribution in [0.15, 0.2) is 12.1 Å². The van der Waals surface area contributed by atoms with E-state index in [0.29, 0.717) is 29.4 Å². The van der Waals surface area contributed by atoms with Gasteiger partial charge in [0.15, 0.2) is 11.5 Å². The summed E-state index contributed by atoms with van der Waals surface area (Å²) in [5.74, 6) is 1.24. The molecular formula is C16H23NO5. The zero-order chi connectivity index (χ0) is 16.5. The van der Waals surface area contributed by atoms with Gasteiger partial charge in [-0.2, -0.15) is 0 Å². The topological polar surface area (TPSA) is 57.2 Å². The van der Waals surface area contributed by atoms with Crippen molar-refractivity contribution >= 4 is 5.91 Å². The molecule has 0 aliphatic carbocycles. The summed E-state index contributed by atoms with van der Waals surface area (Å²) >= 11 is 0. The number of rotatable bonds is 4. The minimum Gasteiger partial charge on any atom is -0.493 e. The zero-order valence-corrected chi connectivity index (χ0v) is 13.9. The van der Waals surface area contributed by atoms with E-state index >= 15 is 0 Å². The maximum atomic E-state index is 12.9. The van der Waals surface area contributed by atoms with Gasteiger partial charge in [0, 0.05) is 5.56 Å². The molecule has 0 aromatic heterocycles. The van der Waals surface area contributed by atoms with Crippen molar-refractivity contribution in [3.05, 3.63) is 17.7 Å². The maximum absolute atomic E-state index is 12.9. The Morgan fingerprint density at radius 2 is 1.73 bits per heavy atom. The summed E-state index contributed by atoms with van der Waals surface area (Å²) in [6.45, 7) is 6.33. The van der Waals surface area contributed by atoms with Crippen LogP contribution < -0.4 is 14.2 Å². The van der Waals surface area contributed by atoms with E-state index in [0.717, 1.165) is 0 Å². The second kappa shape index (κ2) is 6.04. The van der Waals surface area contributed by atoms with Gasteiger partial charge >= 0.3 is 0 Å². The molecule has 1 unspecified atom stereocenters. The Morgan fingerprint density at radius 3 is 2.09 bits per heavy atom. The summed E-state index contributed by atoms with van der Waals surface area (Å²) < 4.78 is 21.5. The van der Waals surface area contributed by atoms with Crippen LogP contribution in [0.2, 0.25) is 0 Å². The molecule has 22 heavy (non-hydrogen) atoms. The van der Waals surface area contributed by atoms with Crippen LogP contribution in [0.4, 0.5) is 0 Å². The Morgan fingerprint density at radius 1 is 1.18 bits per heavy atom. The van der Waals surface area contributed by atoms with Gasteiger partial charge in [0.25, 0.3) is 5.91 Å². The summed E-state index contributed by atoms with van der Waals surface area (Å²) in [6, 6.07) is 3.32. The number of benzene rings is 1. The maximum Gasteiger partial charge on any atom is 0.256 e. The predicted molar refractivity (Wildman–Crippen MR) is 81.8 cm³/mol. The Hall–Kier alpha value is -1.95. The fourth-order valence-corrected chi connectivity index (χ4v) is 2.74. The van der Waals surface area contributed by atoms with Gasteiger partial charge in [-0.3, -0.25) is 4.79 Å². The van der Waals surface area contributed by atoms with Crippen molar-refractivity contribution < 1.29 is 23.7 Å². The first-order chi connectivity index (χ1) is 10.4. The fraction of sp³-hybridized carbons (Fsp3) is 0.562. The molecule has 1 heterocycles. The zero-order valence-electron chi connectivity index (χ0n) is 13.9. The van der Waals surface area contributed by atoms with Crippen LogP contribution in [0, 0.1) is 0 Å². The molecule has 1 aliphatic heterocycles. The number of carbonyl (C=O) groups excluding carboxylic acids is 1. The second-order valence-corrected chi connectivity index (χ2v) is 5.81. The van der Waals surface area contributed by atoms with Gasteiger partial charge in [-0.15, -0.1) is 0 Å². The lowest BCUT2D eigenvalue weighted by molar-refractivity contribution is 0.0306. The van der Waals surface area contributed by atoms with Gasteiger partial charge in [-0.25, -0.2) is 0 Å². The van der Waals surface area contributed by atoms with Gasteiger partial charge in [0.1, 0.15) is 6.23 Å². The molecule has 1 aromatic rings. The van der Waals surface area contributed by atoms with Crippen LogP contribution in [0.5, 0.6) is 17.2 Å². The van der Waals surface area contributed by atoms with E-state index in [1.807, 2.05) is 20.8 Å². The molecule has 1 amide bonds. The van der Waals surface area contributed by atoms with Crippen molar-refractivity contribution in [2.45, 2.75) is 32.5 Å². The molecule has 1 saturated heterocycles. The lowest BCUT2D eigenvalue weighted by Crippen LogP contribution is -2.47. The average molecular weight is 309 g/mol. The van der Waals surface area contributed by atoms with E-state index in [4.69, 9.17) is 18.9 Å². The quantitative estimate of drug-likeness (QED) is 0.854. The van der Waals surface area contributed by atoms with Crippen molar-refractivity contribution in [1.29, 1.82) is 0 Å². The Balaban J connectivity index is 2.46. The average Bonchev–Trinajstić information content (AvgIpc) is 2.78. The highest BCUT2D eigenvalue weighted by Crippen LogP contribution is 2.39. The lowest BCUT2D eigenvalue weighted by atomic mass is 10.0. The highest BCUT2D eigenvalue weighted by atomic mass is 16.5.